The summed E-state index contributed by atoms with van der Waals surface area (Å²) in [5.41, 5.74) is 1.75. The van der Waals surface area contributed by atoms with E-state index in [0.717, 1.165) is 31.1 Å². The molecule has 0 atom stereocenters. The summed E-state index contributed by atoms with van der Waals surface area (Å²) in [4.78, 5) is 0. The van der Waals surface area contributed by atoms with Crippen molar-refractivity contribution < 1.29 is 4.74 Å². The smallest absolute Gasteiger partial charge is 0.0462 e. The Morgan fingerprint density at radius 2 is 1.94 bits per heavy atom. The standard InChI is InChI=1S/C14H20ClNO/c1-17-9-3-2-8-14(10-16-11-14)12-4-6-13(15)7-5-12/h4-7,16H,2-3,8-11H2,1H3. The van der Waals surface area contributed by atoms with Crippen molar-refractivity contribution in [3.8, 4) is 0 Å². The molecule has 0 unspecified atom stereocenters. The number of ether oxygens (including phenoxy) is 1. The van der Waals surface area contributed by atoms with E-state index in [2.05, 4.69) is 17.4 Å². The number of nitrogens with one attached hydrogen (secondary N) is 1. The summed E-state index contributed by atoms with van der Waals surface area (Å²) < 4.78 is 5.10. The van der Waals surface area contributed by atoms with Gasteiger partial charge in [-0.3, -0.25) is 0 Å². The molecule has 0 spiro atoms. The van der Waals surface area contributed by atoms with E-state index in [-0.39, 0.29) is 0 Å². The highest BCUT2D eigenvalue weighted by Gasteiger charge is 2.37. The first-order chi connectivity index (χ1) is 8.27. The summed E-state index contributed by atoms with van der Waals surface area (Å²) in [5, 5.41) is 4.21. The first-order valence-electron chi connectivity index (χ1n) is 6.23. The van der Waals surface area contributed by atoms with Crippen molar-refractivity contribution in [2.75, 3.05) is 26.8 Å². The molecule has 0 radical (unpaired) electrons. The van der Waals surface area contributed by atoms with Crippen LogP contribution >= 0.6 is 11.6 Å². The lowest BCUT2D eigenvalue weighted by atomic mass is 9.72. The van der Waals surface area contributed by atoms with Crippen molar-refractivity contribution in [3.63, 3.8) is 0 Å². The normalized spacial score (nSPS) is 17.8. The van der Waals surface area contributed by atoms with Gasteiger partial charge in [0.05, 0.1) is 0 Å². The van der Waals surface area contributed by atoms with Crippen LogP contribution in [0.5, 0.6) is 0 Å². The maximum atomic E-state index is 5.94. The van der Waals surface area contributed by atoms with Crippen molar-refractivity contribution >= 4 is 11.6 Å². The third kappa shape index (κ3) is 3.01. The van der Waals surface area contributed by atoms with Crippen LogP contribution in [0, 0.1) is 0 Å². The highest BCUT2D eigenvalue weighted by molar-refractivity contribution is 6.30. The monoisotopic (exact) mass is 253 g/mol. The van der Waals surface area contributed by atoms with Crippen LogP contribution in [-0.4, -0.2) is 26.8 Å². The molecule has 1 aliphatic heterocycles. The first-order valence-corrected chi connectivity index (χ1v) is 6.60. The number of halogens is 1. The van der Waals surface area contributed by atoms with Gasteiger partial charge in [0.1, 0.15) is 0 Å². The topological polar surface area (TPSA) is 21.3 Å². The number of hydrogen-bond acceptors (Lipinski definition) is 2. The maximum Gasteiger partial charge on any atom is 0.0462 e. The zero-order valence-electron chi connectivity index (χ0n) is 10.3. The minimum atomic E-state index is 0.332. The Balaban J connectivity index is 1.96. The minimum Gasteiger partial charge on any atom is -0.385 e. The summed E-state index contributed by atoms with van der Waals surface area (Å²) in [6, 6.07) is 8.32. The van der Waals surface area contributed by atoms with Crippen LogP contribution in [-0.2, 0) is 10.2 Å². The van der Waals surface area contributed by atoms with Crippen LogP contribution < -0.4 is 5.32 Å². The van der Waals surface area contributed by atoms with Gasteiger partial charge >= 0.3 is 0 Å². The van der Waals surface area contributed by atoms with E-state index in [1.54, 1.807) is 7.11 Å². The number of methoxy groups -OCH3 is 1. The fraction of sp³-hybridized carbons (Fsp3) is 0.571. The van der Waals surface area contributed by atoms with Crippen LogP contribution in [0.15, 0.2) is 24.3 Å². The zero-order chi connectivity index (χ0) is 12.1. The molecule has 0 aliphatic carbocycles. The summed E-state index contributed by atoms with van der Waals surface area (Å²) >= 11 is 5.94. The lowest BCUT2D eigenvalue weighted by molar-refractivity contribution is 0.181. The van der Waals surface area contributed by atoms with Crippen LogP contribution in [0.25, 0.3) is 0 Å². The largest absolute Gasteiger partial charge is 0.385 e. The Hall–Kier alpha value is -0.570. The van der Waals surface area contributed by atoms with E-state index < -0.39 is 0 Å². The van der Waals surface area contributed by atoms with E-state index in [1.807, 2.05) is 12.1 Å². The number of rotatable bonds is 6. The molecule has 1 saturated heterocycles. The summed E-state index contributed by atoms with van der Waals surface area (Å²) in [5.74, 6) is 0. The van der Waals surface area contributed by atoms with Crippen LogP contribution in [0.2, 0.25) is 5.02 Å². The molecular weight excluding hydrogens is 234 g/mol. The number of unbranched alkanes of at least 4 members (excludes halogenated alkanes) is 1. The average Bonchev–Trinajstić information content (AvgIpc) is 2.29. The van der Waals surface area contributed by atoms with Crippen LogP contribution in [0.3, 0.4) is 0 Å². The fourth-order valence-electron chi connectivity index (χ4n) is 2.47. The predicted octanol–water partition coefficient (Wildman–Crippen LogP) is 3.00. The maximum absolute atomic E-state index is 5.94. The zero-order valence-corrected chi connectivity index (χ0v) is 11.1. The second-order valence-electron chi connectivity index (χ2n) is 4.84. The first kappa shape index (κ1) is 12.9. The van der Waals surface area contributed by atoms with E-state index in [0.29, 0.717) is 5.41 Å². The molecule has 17 heavy (non-hydrogen) atoms. The number of benzene rings is 1. The molecule has 1 heterocycles. The summed E-state index contributed by atoms with van der Waals surface area (Å²) in [6.45, 7) is 3.04. The molecular formula is C14H20ClNO. The fourth-order valence-corrected chi connectivity index (χ4v) is 2.59. The highest BCUT2D eigenvalue weighted by Crippen LogP contribution is 2.34. The summed E-state index contributed by atoms with van der Waals surface area (Å²) in [6.07, 6.45) is 3.59. The van der Waals surface area contributed by atoms with Crippen LogP contribution in [0.4, 0.5) is 0 Å². The summed E-state index contributed by atoms with van der Waals surface area (Å²) in [7, 11) is 1.76. The molecule has 2 rings (SSSR count). The predicted molar refractivity (Wildman–Crippen MR) is 71.7 cm³/mol. The van der Waals surface area contributed by atoms with Gasteiger partial charge in [0.15, 0.2) is 0 Å². The Morgan fingerprint density at radius 3 is 2.47 bits per heavy atom. The molecule has 1 N–H and O–H groups in total. The van der Waals surface area contributed by atoms with Crippen molar-refractivity contribution in [1.82, 2.24) is 5.32 Å². The van der Waals surface area contributed by atoms with Gasteiger partial charge in [-0.1, -0.05) is 30.2 Å². The van der Waals surface area contributed by atoms with Gasteiger partial charge in [0.25, 0.3) is 0 Å². The van der Waals surface area contributed by atoms with Crippen molar-refractivity contribution in [3.05, 3.63) is 34.9 Å². The second kappa shape index (κ2) is 5.85. The van der Waals surface area contributed by atoms with Gasteiger partial charge in [-0.25, -0.2) is 0 Å². The molecule has 1 fully saturated rings. The van der Waals surface area contributed by atoms with Gasteiger partial charge in [-0.05, 0) is 30.5 Å². The molecule has 2 nitrogen and oxygen atoms in total. The van der Waals surface area contributed by atoms with Gasteiger partial charge < -0.3 is 10.1 Å². The third-order valence-corrected chi connectivity index (χ3v) is 3.89. The number of hydrogen-bond donors (Lipinski definition) is 1. The van der Waals surface area contributed by atoms with E-state index in [9.17, 15) is 0 Å². The minimum absolute atomic E-state index is 0.332. The van der Waals surface area contributed by atoms with Gasteiger partial charge in [0.2, 0.25) is 0 Å². The molecule has 94 valence electrons. The van der Waals surface area contributed by atoms with E-state index in [4.69, 9.17) is 16.3 Å². The molecule has 1 aliphatic rings. The van der Waals surface area contributed by atoms with E-state index >= 15 is 0 Å². The van der Waals surface area contributed by atoms with Crippen molar-refractivity contribution in [2.24, 2.45) is 0 Å². The van der Waals surface area contributed by atoms with Crippen molar-refractivity contribution in [2.45, 2.75) is 24.7 Å². The SMILES string of the molecule is COCCCCC1(c2ccc(Cl)cc2)CNC1. The molecule has 0 aromatic heterocycles. The van der Waals surface area contributed by atoms with Crippen molar-refractivity contribution in [1.29, 1.82) is 0 Å². The molecule has 0 bridgehead atoms. The molecule has 3 heteroatoms. The van der Waals surface area contributed by atoms with Gasteiger partial charge in [-0.2, -0.15) is 0 Å². The molecule has 1 aromatic rings. The second-order valence-corrected chi connectivity index (χ2v) is 5.28. The van der Waals surface area contributed by atoms with E-state index in [1.165, 1.54) is 18.4 Å². The Morgan fingerprint density at radius 1 is 1.24 bits per heavy atom. The Labute approximate surface area is 108 Å². The lowest BCUT2D eigenvalue weighted by Gasteiger charge is -2.43. The van der Waals surface area contributed by atoms with Crippen LogP contribution in [0.1, 0.15) is 24.8 Å². The molecule has 1 aromatic carbocycles. The average molecular weight is 254 g/mol. The Kier molecular flexibility index (Phi) is 4.43. The highest BCUT2D eigenvalue weighted by atomic mass is 35.5. The van der Waals surface area contributed by atoms with Gasteiger partial charge in [-0.15, -0.1) is 0 Å². The lowest BCUT2D eigenvalue weighted by Crippen LogP contribution is -2.56. The molecule has 0 amide bonds. The quantitative estimate of drug-likeness (QED) is 0.787. The third-order valence-electron chi connectivity index (χ3n) is 3.64. The molecule has 0 saturated carbocycles. The van der Waals surface area contributed by atoms with Gasteiger partial charge in [0, 0.05) is 37.2 Å². The Bertz CT molecular complexity index is 346.